The normalized spacial score (nSPS) is 22.3. The Morgan fingerprint density at radius 2 is 2.20 bits per heavy atom. The molecule has 1 N–H and O–H groups in total. The van der Waals surface area contributed by atoms with Gasteiger partial charge in [-0.3, -0.25) is 0 Å². The first-order chi connectivity index (χ1) is 9.74. The standard InChI is InChI=1S/C14H15ClN2O2S/c15-10-5-1-2-7-12(10)20-8-13-16-14(19-17-13)9-4-3-6-11(9)18/h1-2,5,7,9,11,18H,3-4,6,8H2. The summed E-state index contributed by atoms with van der Waals surface area (Å²) in [5.74, 6) is 1.81. The lowest BCUT2D eigenvalue weighted by molar-refractivity contribution is 0.148. The van der Waals surface area contributed by atoms with Gasteiger partial charge < -0.3 is 9.63 Å². The average Bonchev–Trinajstić information content (AvgIpc) is 3.06. The Kier molecular flexibility index (Phi) is 4.29. The highest BCUT2D eigenvalue weighted by Gasteiger charge is 2.31. The van der Waals surface area contributed by atoms with Gasteiger partial charge in [0.15, 0.2) is 5.82 Å². The molecule has 106 valence electrons. The molecule has 20 heavy (non-hydrogen) atoms. The van der Waals surface area contributed by atoms with Crippen molar-refractivity contribution >= 4 is 23.4 Å². The minimum absolute atomic E-state index is 0.00145. The van der Waals surface area contributed by atoms with E-state index in [0.717, 1.165) is 29.2 Å². The summed E-state index contributed by atoms with van der Waals surface area (Å²) < 4.78 is 5.27. The third-order valence-electron chi connectivity index (χ3n) is 3.47. The van der Waals surface area contributed by atoms with E-state index < -0.39 is 0 Å². The summed E-state index contributed by atoms with van der Waals surface area (Å²) in [6.07, 6.45) is 2.40. The van der Waals surface area contributed by atoms with Gasteiger partial charge in [-0.2, -0.15) is 4.98 Å². The van der Waals surface area contributed by atoms with Gasteiger partial charge in [0.1, 0.15) is 0 Å². The largest absolute Gasteiger partial charge is 0.392 e. The highest BCUT2D eigenvalue weighted by molar-refractivity contribution is 7.98. The molecule has 2 aromatic rings. The van der Waals surface area contributed by atoms with Crippen molar-refractivity contribution in [3.8, 4) is 0 Å². The number of rotatable bonds is 4. The summed E-state index contributed by atoms with van der Waals surface area (Å²) in [5.41, 5.74) is 0. The molecule has 1 saturated carbocycles. The predicted molar refractivity (Wildman–Crippen MR) is 77.9 cm³/mol. The topological polar surface area (TPSA) is 59.2 Å². The monoisotopic (exact) mass is 310 g/mol. The lowest BCUT2D eigenvalue weighted by Gasteiger charge is -2.07. The van der Waals surface area contributed by atoms with Crippen LogP contribution in [-0.2, 0) is 5.75 Å². The zero-order valence-corrected chi connectivity index (χ0v) is 12.4. The summed E-state index contributed by atoms with van der Waals surface area (Å²) in [4.78, 5) is 5.39. The smallest absolute Gasteiger partial charge is 0.232 e. The lowest BCUT2D eigenvalue weighted by atomic mass is 10.1. The van der Waals surface area contributed by atoms with E-state index in [-0.39, 0.29) is 12.0 Å². The quantitative estimate of drug-likeness (QED) is 0.874. The van der Waals surface area contributed by atoms with Crippen LogP contribution >= 0.6 is 23.4 Å². The second-order valence-electron chi connectivity index (χ2n) is 4.87. The predicted octanol–water partition coefficient (Wildman–Crippen LogP) is 3.64. The van der Waals surface area contributed by atoms with Crippen LogP contribution in [0.1, 0.15) is 36.9 Å². The van der Waals surface area contributed by atoms with Gasteiger partial charge in [0.2, 0.25) is 5.89 Å². The molecule has 0 spiro atoms. The molecule has 2 atom stereocenters. The van der Waals surface area contributed by atoms with E-state index in [1.165, 1.54) is 0 Å². The first-order valence-corrected chi connectivity index (χ1v) is 7.98. The maximum atomic E-state index is 9.85. The number of aliphatic hydroxyl groups excluding tert-OH is 1. The molecular formula is C14H15ClN2O2S. The summed E-state index contributed by atoms with van der Waals surface area (Å²) in [6, 6.07) is 7.68. The molecule has 1 aliphatic carbocycles. The van der Waals surface area contributed by atoms with Gasteiger partial charge in [-0.05, 0) is 31.4 Å². The Balaban J connectivity index is 1.64. The van der Waals surface area contributed by atoms with Crippen molar-refractivity contribution in [1.82, 2.24) is 10.1 Å². The van der Waals surface area contributed by atoms with Crippen molar-refractivity contribution < 1.29 is 9.63 Å². The molecule has 0 bridgehead atoms. The summed E-state index contributed by atoms with van der Waals surface area (Å²) in [7, 11) is 0. The van der Waals surface area contributed by atoms with Crippen molar-refractivity contribution in [1.29, 1.82) is 0 Å². The molecular weight excluding hydrogens is 296 g/mol. The van der Waals surface area contributed by atoms with E-state index in [1.54, 1.807) is 11.8 Å². The second-order valence-corrected chi connectivity index (χ2v) is 6.30. The Labute approximate surface area is 126 Å². The molecule has 4 nitrogen and oxygen atoms in total. The molecule has 1 heterocycles. The number of halogens is 1. The van der Waals surface area contributed by atoms with Crippen molar-refractivity contribution in [2.75, 3.05) is 0 Å². The number of aliphatic hydroxyl groups is 1. The van der Waals surface area contributed by atoms with Crippen LogP contribution in [0.4, 0.5) is 0 Å². The zero-order chi connectivity index (χ0) is 13.9. The Hall–Kier alpha value is -1.04. The van der Waals surface area contributed by atoms with E-state index in [2.05, 4.69) is 10.1 Å². The van der Waals surface area contributed by atoms with Crippen LogP contribution in [0.3, 0.4) is 0 Å². The molecule has 0 saturated heterocycles. The molecule has 0 radical (unpaired) electrons. The maximum Gasteiger partial charge on any atom is 0.232 e. The third-order valence-corrected chi connectivity index (χ3v) is 4.99. The van der Waals surface area contributed by atoms with Crippen LogP contribution in [0, 0.1) is 0 Å². The molecule has 1 aromatic carbocycles. The molecule has 3 rings (SSSR count). The van der Waals surface area contributed by atoms with Gasteiger partial charge in [0.05, 0.1) is 22.8 Å². The Morgan fingerprint density at radius 3 is 2.95 bits per heavy atom. The van der Waals surface area contributed by atoms with Gasteiger partial charge >= 0.3 is 0 Å². The summed E-state index contributed by atoms with van der Waals surface area (Å²) in [5, 5.41) is 14.6. The molecule has 0 amide bonds. The van der Waals surface area contributed by atoms with Gasteiger partial charge in [-0.15, -0.1) is 11.8 Å². The minimum atomic E-state index is -0.348. The van der Waals surface area contributed by atoms with E-state index in [4.69, 9.17) is 16.1 Å². The van der Waals surface area contributed by atoms with Gasteiger partial charge in [-0.25, -0.2) is 0 Å². The van der Waals surface area contributed by atoms with Gasteiger partial charge in [0, 0.05) is 4.90 Å². The van der Waals surface area contributed by atoms with Crippen molar-refractivity contribution in [2.45, 2.75) is 41.9 Å². The number of thioether (sulfide) groups is 1. The molecule has 6 heteroatoms. The van der Waals surface area contributed by atoms with E-state index >= 15 is 0 Å². The molecule has 2 unspecified atom stereocenters. The van der Waals surface area contributed by atoms with E-state index in [0.29, 0.717) is 17.5 Å². The maximum absolute atomic E-state index is 9.85. The van der Waals surface area contributed by atoms with Crippen LogP contribution in [-0.4, -0.2) is 21.4 Å². The van der Waals surface area contributed by atoms with Crippen molar-refractivity contribution in [3.63, 3.8) is 0 Å². The fraction of sp³-hybridized carbons (Fsp3) is 0.429. The van der Waals surface area contributed by atoms with Crippen LogP contribution < -0.4 is 0 Å². The summed E-state index contributed by atoms with van der Waals surface area (Å²) >= 11 is 7.68. The number of nitrogens with zero attached hydrogens (tertiary/aromatic N) is 2. The molecule has 0 aliphatic heterocycles. The highest BCUT2D eigenvalue weighted by atomic mass is 35.5. The number of benzene rings is 1. The number of hydrogen-bond donors (Lipinski definition) is 1. The fourth-order valence-corrected chi connectivity index (χ4v) is 3.49. The van der Waals surface area contributed by atoms with Crippen LogP contribution in [0.2, 0.25) is 5.02 Å². The third kappa shape index (κ3) is 3.00. The first-order valence-electron chi connectivity index (χ1n) is 6.62. The van der Waals surface area contributed by atoms with Crippen LogP contribution in [0.15, 0.2) is 33.7 Å². The Morgan fingerprint density at radius 1 is 1.35 bits per heavy atom. The zero-order valence-electron chi connectivity index (χ0n) is 10.8. The highest BCUT2D eigenvalue weighted by Crippen LogP contribution is 2.34. The van der Waals surface area contributed by atoms with Crippen molar-refractivity contribution in [3.05, 3.63) is 41.0 Å². The summed E-state index contributed by atoms with van der Waals surface area (Å²) in [6.45, 7) is 0. The molecule has 1 fully saturated rings. The number of aromatic nitrogens is 2. The SMILES string of the molecule is OC1CCCC1c1nc(CSc2ccccc2Cl)no1. The fourth-order valence-electron chi connectivity index (χ4n) is 2.41. The first kappa shape index (κ1) is 13.9. The average molecular weight is 311 g/mol. The van der Waals surface area contributed by atoms with Crippen LogP contribution in [0.25, 0.3) is 0 Å². The van der Waals surface area contributed by atoms with Gasteiger partial charge in [0.25, 0.3) is 0 Å². The number of hydrogen-bond acceptors (Lipinski definition) is 5. The van der Waals surface area contributed by atoms with E-state index in [9.17, 15) is 5.11 Å². The van der Waals surface area contributed by atoms with E-state index in [1.807, 2.05) is 24.3 Å². The second kappa shape index (κ2) is 6.16. The lowest BCUT2D eigenvalue weighted by Crippen LogP contribution is -2.11. The van der Waals surface area contributed by atoms with Crippen LogP contribution in [0.5, 0.6) is 0 Å². The minimum Gasteiger partial charge on any atom is -0.392 e. The van der Waals surface area contributed by atoms with Gasteiger partial charge in [-0.1, -0.05) is 28.9 Å². The molecule has 1 aromatic heterocycles. The molecule has 1 aliphatic rings. The van der Waals surface area contributed by atoms with Crippen molar-refractivity contribution in [2.24, 2.45) is 0 Å². The Bertz CT molecular complexity index is 590.